The fourth-order valence-corrected chi connectivity index (χ4v) is 3.30. The Morgan fingerprint density at radius 2 is 2.15 bits per heavy atom. The lowest BCUT2D eigenvalue weighted by Crippen LogP contribution is -2.11. The van der Waals surface area contributed by atoms with Gasteiger partial charge in [-0.25, -0.2) is 4.79 Å². The third-order valence-corrected chi connectivity index (χ3v) is 4.27. The average molecular weight is 285 g/mol. The van der Waals surface area contributed by atoms with Crippen LogP contribution >= 0.6 is 11.3 Å². The summed E-state index contributed by atoms with van der Waals surface area (Å²) < 4.78 is 6.91. The third-order valence-electron chi connectivity index (χ3n) is 3.32. The summed E-state index contributed by atoms with van der Waals surface area (Å²) in [6, 6.07) is 12.2. The second kappa shape index (κ2) is 5.13. The smallest absolute Gasteiger partial charge is 0.354 e. The lowest BCUT2D eigenvalue weighted by Gasteiger charge is -2.09. The van der Waals surface area contributed by atoms with Crippen LogP contribution in [0.3, 0.4) is 0 Å². The quantitative estimate of drug-likeness (QED) is 0.684. The number of nitrogens with zero attached hydrogens (tertiary/aromatic N) is 1. The van der Waals surface area contributed by atoms with Gasteiger partial charge in [-0.1, -0.05) is 29.8 Å². The molecular weight excluding hydrogens is 270 g/mol. The highest BCUT2D eigenvalue weighted by Gasteiger charge is 2.17. The van der Waals surface area contributed by atoms with Crippen LogP contribution in [0.25, 0.3) is 10.2 Å². The fraction of sp³-hybridized carbons (Fsp3) is 0.188. The minimum absolute atomic E-state index is 0.291. The van der Waals surface area contributed by atoms with E-state index in [9.17, 15) is 4.79 Å². The van der Waals surface area contributed by atoms with Crippen molar-refractivity contribution in [2.45, 2.75) is 13.5 Å². The van der Waals surface area contributed by atoms with Crippen molar-refractivity contribution in [2.75, 3.05) is 7.11 Å². The molecular formula is C16H15NO2S. The number of hydrogen-bond acceptors (Lipinski definition) is 3. The summed E-state index contributed by atoms with van der Waals surface area (Å²) in [4.78, 5) is 13.0. The van der Waals surface area contributed by atoms with Gasteiger partial charge >= 0.3 is 5.97 Å². The van der Waals surface area contributed by atoms with Crippen molar-refractivity contribution >= 4 is 27.5 Å². The van der Waals surface area contributed by atoms with Crippen LogP contribution < -0.4 is 0 Å². The number of esters is 1. The molecule has 20 heavy (non-hydrogen) atoms. The number of benzene rings is 1. The molecule has 2 heterocycles. The number of carbonyl (C=O) groups is 1. The minimum atomic E-state index is -0.291. The van der Waals surface area contributed by atoms with Gasteiger partial charge in [0.1, 0.15) is 10.5 Å². The van der Waals surface area contributed by atoms with Crippen molar-refractivity contribution in [2.24, 2.45) is 0 Å². The van der Waals surface area contributed by atoms with E-state index in [0.29, 0.717) is 12.2 Å². The SMILES string of the molecule is COC(=O)c1cc2ccsc2n1Cc1cccc(C)c1. The molecule has 3 nitrogen and oxygen atoms in total. The van der Waals surface area contributed by atoms with E-state index in [1.165, 1.54) is 18.2 Å². The maximum absolute atomic E-state index is 11.9. The van der Waals surface area contributed by atoms with Gasteiger partial charge in [-0.3, -0.25) is 0 Å². The van der Waals surface area contributed by atoms with Crippen LogP contribution in [0.4, 0.5) is 0 Å². The van der Waals surface area contributed by atoms with Gasteiger partial charge in [0.15, 0.2) is 0 Å². The predicted octanol–water partition coefficient (Wildman–Crippen LogP) is 3.85. The molecule has 0 radical (unpaired) electrons. The molecule has 0 aliphatic rings. The molecule has 0 atom stereocenters. The number of hydrogen-bond donors (Lipinski definition) is 0. The third kappa shape index (κ3) is 2.23. The molecule has 0 unspecified atom stereocenters. The molecule has 1 aromatic carbocycles. The summed E-state index contributed by atoms with van der Waals surface area (Å²) in [7, 11) is 1.42. The summed E-state index contributed by atoms with van der Waals surface area (Å²) in [6.45, 7) is 2.75. The van der Waals surface area contributed by atoms with Gasteiger partial charge in [-0.05, 0) is 30.0 Å². The molecule has 0 aliphatic heterocycles. The average Bonchev–Trinajstić information content (AvgIpc) is 3.01. The predicted molar refractivity (Wildman–Crippen MR) is 81.4 cm³/mol. The van der Waals surface area contributed by atoms with Crippen LogP contribution in [0.1, 0.15) is 21.6 Å². The summed E-state index contributed by atoms with van der Waals surface area (Å²) in [5.74, 6) is -0.291. The van der Waals surface area contributed by atoms with Crippen LogP contribution in [0.5, 0.6) is 0 Å². The van der Waals surface area contributed by atoms with E-state index in [1.807, 2.05) is 28.1 Å². The maximum atomic E-state index is 11.9. The Labute approximate surface area is 121 Å². The highest BCUT2D eigenvalue weighted by molar-refractivity contribution is 7.16. The first-order chi connectivity index (χ1) is 9.69. The number of methoxy groups -OCH3 is 1. The number of rotatable bonds is 3. The normalized spacial score (nSPS) is 10.9. The van der Waals surface area contributed by atoms with Crippen LogP contribution in [-0.4, -0.2) is 17.6 Å². The molecule has 3 aromatic rings. The Hall–Kier alpha value is -2.07. The molecule has 0 bridgehead atoms. The van der Waals surface area contributed by atoms with E-state index in [0.717, 1.165) is 10.2 Å². The van der Waals surface area contributed by atoms with Gasteiger partial charge in [-0.2, -0.15) is 0 Å². The van der Waals surface area contributed by atoms with Crippen LogP contribution in [-0.2, 0) is 11.3 Å². The van der Waals surface area contributed by atoms with E-state index >= 15 is 0 Å². The van der Waals surface area contributed by atoms with E-state index in [4.69, 9.17) is 4.74 Å². The Morgan fingerprint density at radius 1 is 1.30 bits per heavy atom. The summed E-state index contributed by atoms with van der Waals surface area (Å²) in [5, 5.41) is 3.13. The van der Waals surface area contributed by atoms with Crippen molar-refractivity contribution < 1.29 is 9.53 Å². The molecule has 2 aromatic heterocycles. The molecule has 102 valence electrons. The highest BCUT2D eigenvalue weighted by atomic mass is 32.1. The van der Waals surface area contributed by atoms with Crippen molar-refractivity contribution in [3.63, 3.8) is 0 Å². The molecule has 0 spiro atoms. The number of carbonyl (C=O) groups excluding carboxylic acids is 1. The maximum Gasteiger partial charge on any atom is 0.354 e. The Morgan fingerprint density at radius 3 is 2.90 bits per heavy atom. The monoisotopic (exact) mass is 285 g/mol. The van der Waals surface area contributed by atoms with E-state index in [2.05, 4.69) is 25.1 Å². The van der Waals surface area contributed by atoms with Gasteiger partial charge in [0.05, 0.1) is 7.11 Å². The van der Waals surface area contributed by atoms with Gasteiger partial charge in [0.25, 0.3) is 0 Å². The van der Waals surface area contributed by atoms with Crippen LogP contribution in [0.2, 0.25) is 0 Å². The highest BCUT2D eigenvalue weighted by Crippen LogP contribution is 2.26. The van der Waals surface area contributed by atoms with E-state index in [-0.39, 0.29) is 5.97 Å². The van der Waals surface area contributed by atoms with Gasteiger partial charge in [0, 0.05) is 11.9 Å². The molecule has 4 heteroatoms. The molecule has 0 aliphatic carbocycles. The Kier molecular flexibility index (Phi) is 3.32. The molecule has 0 amide bonds. The zero-order chi connectivity index (χ0) is 14.1. The number of aromatic nitrogens is 1. The Bertz CT molecular complexity index is 770. The minimum Gasteiger partial charge on any atom is -0.464 e. The van der Waals surface area contributed by atoms with E-state index < -0.39 is 0 Å². The first-order valence-corrected chi connectivity index (χ1v) is 7.27. The van der Waals surface area contributed by atoms with Gasteiger partial charge in [0.2, 0.25) is 0 Å². The lowest BCUT2D eigenvalue weighted by atomic mass is 10.1. The Balaban J connectivity index is 2.08. The van der Waals surface area contributed by atoms with E-state index in [1.54, 1.807) is 11.3 Å². The number of ether oxygens (including phenoxy) is 1. The first kappa shape index (κ1) is 12.9. The second-order valence-corrected chi connectivity index (χ2v) is 5.67. The van der Waals surface area contributed by atoms with Crippen molar-refractivity contribution in [3.8, 4) is 0 Å². The lowest BCUT2D eigenvalue weighted by molar-refractivity contribution is 0.0589. The zero-order valence-corrected chi connectivity index (χ0v) is 12.2. The van der Waals surface area contributed by atoms with Gasteiger partial charge in [-0.15, -0.1) is 11.3 Å². The molecule has 0 saturated carbocycles. The first-order valence-electron chi connectivity index (χ1n) is 6.39. The summed E-state index contributed by atoms with van der Waals surface area (Å²) in [5.41, 5.74) is 3.01. The number of thiophene rings is 1. The van der Waals surface area contributed by atoms with Gasteiger partial charge < -0.3 is 9.30 Å². The van der Waals surface area contributed by atoms with Crippen LogP contribution in [0, 0.1) is 6.92 Å². The molecule has 0 N–H and O–H groups in total. The summed E-state index contributed by atoms with van der Waals surface area (Å²) >= 11 is 1.64. The van der Waals surface area contributed by atoms with Crippen molar-refractivity contribution in [1.82, 2.24) is 4.57 Å². The van der Waals surface area contributed by atoms with Crippen molar-refractivity contribution in [3.05, 3.63) is 58.6 Å². The zero-order valence-electron chi connectivity index (χ0n) is 11.4. The second-order valence-electron chi connectivity index (χ2n) is 4.78. The topological polar surface area (TPSA) is 31.2 Å². The van der Waals surface area contributed by atoms with Crippen LogP contribution in [0.15, 0.2) is 41.8 Å². The fourth-order valence-electron chi connectivity index (χ4n) is 2.40. The summed E-state index contributed by atoms with van der Waals surface area (Å²) in [6.07, 6.45) is 0. The number of fused-ring (bicyclic) bond motifs is 1. The van der Waals surface area contributed by atoms with Crippen molar-refractivity contribution in [1.29, 1.82) is 0 Å². The molecule has 0 fully saturated rings. The number of aryl methyl sites for hydroxylation is 1. The largest absolute Gasteiger partial charge is 0.464 e. The molecule has 3 rings (SSSR count). The molecule has 0 saturated heterocycles. The standard InChI is InChI=1S/C16H15NO2S/c1-11-4-3-5-12(8-11)10-17-14(16(18)19-2)9-13-6-7-20-15(13)17/h3-9H,10H2,1-2H3.